The zero-order valence-electron chi connectivity index (χ0n) is 10.9. The molecule has 1 aliphatic rings. The Morgan fingerprint density at radius 2 is 1.53 bits per heavy atom. The molecule has 0 aromatic rings. The second kappa shape index (κ2) is 5.31. The molecule has 1 aliphatic carbocycles. The quantitative estimate of drug-likeness (QED) is 0.729. The zero-order chi connectivity index (χ0) is 11.5. The third-order valence-electron chi connectivity index (χ3n) is 4.38. The number of likely N-dealkylation sites (N-methyl/N-ethyl adjacent to an activating group) is 1. The minimum Gasteiger partial charge on any atom is -0.326 e. The van der Waals surface area contributed by atoms with E-state index in [9.17, 15) is 0 Å². The van der Waals surface area contributed by atoms with Crippen LogP contribution in [0.4, 0.5) is 0 Å². The van der Waals surface area contributed by atoms with Crippen LogP contribution >= 0.6 is 0 Å². The van der Waals surface area contributed by atoms with E-state index < -0.39 is 0 Å². The van der Waals surface area contributed by atoms with E-state index in [-0.39, 0.29) is 5.54 Å². The molecule has 0 saturated heterocycles. The minimum atomic E-state index is 0.120. The molecule has 1 rings (SSSR count). The first-order valence-corrected chi connectivity index (χ1v) is 6.39. The average Bonchev–Trinajstić information content (AvgIpc) is 2.44. The highest BCUT2D eigenvalue weighted by Crippen LogP contribution is 2.30. The third-order valence-corrected chi connectivity index (χ3v) is 4.38. The van der Waals surface area contributed by atoms with Gasteiger partial charge in [-0.05, 0) is 46.7 Å². The molecule has 15 heavy (non-hydrogen) atoms. The summed E-state index contributed by atoms with van der Waals surface area (Å²) in [7, 11) is 4.27. The first-order valence-electron chi connectivity index (χ1n) is 6.39. The number of nitrogens with zero attached hydrogens (tertiary/aromatic N) is 1. The SMILES string of the molecule is CN(C)C(C)(C)C(N)C1CCCCCC1. The molecule has 0 aliphatic heterocycles. The Bertz CT molecular complexity index is 179. The van der Waals surface area contributed by atoms with Crippen LogP contribution in [0.3, 0.4) is 0 Å². The first kappa shape index (κ1) is 13.0. The standard InChI is InChI=1S/C13H28N2/c1-13(2,15(3)4)12(14)11-9-7-5-6-8-10-11/h11-12H,5-10,14H2,1-4H3. The van der Waals surface area contributed by atoms with Gasteiger partial charge in [0, 0.05) is 11.6 Å². The number of rotatable bonds is 3. The highest BCUT2D eigenvalue weighted by molar-refractivity contribution is 4.93. The second-order valence-electron chi connectivity index (χ2n) is 5.83. The van der Waals surface area contributed by atoms with Crippen molar-refractivity contribution in [3.63, 3.8) is 0 Å². The maximum atomic E-state index is 6.45. The predicted octanol–water partition coefficient (Wildman–Crippen LogP) is 2.62. The van der Waals surface area contributed by atoms with Gasteiger partial charge in [0.1, 0.15) is 0 Å². The van der Waals surface area contributed by atoms with Crippen molar-refractivity contribution < 1.29 is 0 Å². The molecule has 1 unspecified atom stereocenters. The Morgan fingerprint density at radius 3 is 1.93 bits per heavy atom. The van der Waals surface area contributed by atoms with Crippen LogP contribution in [0.25, 0.3) is 0 Å². The van der Waals surface area contributed by atoms with Gasteiger partial charge in [-0.25, -0.2) is 0 Å². The molecule has 0 amide bonds. The van der Waals surface area contributed by atoms with Crippen LogP contribution in [0.1, 0.15) is 52.4 Å². The van der Waals surface area contributed by atoms with Crippen LogP contribution in [0, 0.1) is 5.92 Å². The molecule has 2 nitrogen and oxygen atoms in total. The fourth-order valence-electron chi connectivity index (χ4n) is 2.55. The lowest BCUT2D eigenvalue weighted by Gasteiger charge is -2.42. The van der Waals surface area contributed by atoms with Crippen LogP contribution in [0.5, 0.6) is 0 Å². The molecule has 0 radical (unpaired) electrons. The highest BCUT2D eigenvalue weighted by Gasteiger charge is 2.34. The van der Waals surface area contributed by atoms with Crippen LogP contribution in [0.2, 0.25) is 0 Å². The smallest absolute Gasteiger partial charge is 0.0300 e. The van der Waals surface area contributed by atoms with Gasteiger partial charge in [0.15, 0.2) is 0 Å². The zero-order valence-corrected chi connectivity index (χ0v) is 10.9. The van der Waals surface area contributed by atoms with Crippen molar-refractivity contribution >= 4 is 0 Å². The Balaban J connectivity index is 2.60. The molecule has 0 spiro atoms. The Hall–Kier alpha value is -0.0800. The van der Waals surface area contributed by atoms with E-state index in [4.69, 9.17) is 5.73 Å². The average molecular weight is 212 g/mol. The van der Waals surface area contributed by atoms with E-state index in [1.54, 1.807) is 0 Å². The van der Waals surface area contributed by atoms with E-state index >= 15 is 0 Å². The van der Waals surface area contributed by atoms with Gasteiger partial charge in [-0.3, -0.25) is 0 Å². The number of hydrogen-bond donors (Lipinski definition) is 1. The largest absolute Gasteiger partial charge is 0.326 e. The summed E-state index contributed by atoms with van der Waals surface area (Å²) in [6.45, 7) is 4.53. The lowest BCUT2D eigenvalue weighted by Crippen LogP contribution is -2.56. The van der Waals surface area contributed by atoms with Gasteiger partial charge in [-0.15, -0.1) is 0 Å². The van der Waals surface area contributed by atoms with E-state index in [2.05, 4.69) is 32.8 Å². The van der Waals surface area contributed by atoms with Gasteiger partial charge in [0.25, 0.3) is 0 Å². The number of hydrogen-bond acceptors (Lipinski definition) is 2. The van der Waals surface area contributed by atoms with E-state index in [1.165, 1.54) is 38.5 Å². The highest BCUT2D eigenvalue weighted by atomic mass is 15.2. The first-order chi connectivity index (χ1) is 6.96. The molecule has 1 atom stereocenters. The Kier molecular flexibility index (Phi) is 4.60. The summed E-state index contributed by atoms with van der Waals surface area (Å²) in [5, 5.41) is 0. The van der Waals surface area contributed by atoms with Crippen molar-refractivity contribution in [2.45, 2.75) is 64.0 Å². The Morgan fingerprint density at radius 1 is 1.07 bits per heavy atom. The predicted molar refractivity (Wildman–Crippen MR) is 66.9 cm³/mol. The van der Waals surface area contributed by atoms with Crippen molar-refractivity contribution in [2.75, 3.05) is 14.1 Å². The maximum Gasteiger partial charge on any atom is 0.0300 e. The van der Waals surface area contributed by atoms with Crippen molar-refractivity contribution in [1.82, 2.24) is 4.90 Å². The van der Waals surface area contributed by atoms with Crippen LogP contribution < -0.4 is 5.73 Å². The monoisotopic (exact) mass is 212 g/mol. The summed E-state index contributed by atoms with van der Waals surface area (Å²) in [6, 6.07) is 0.311. The molecular formula is C13H28N2. The van der Waals surface area contributed by atoms with Gasteiger partial charge >= 0.3 is 0 Å². The van der Waals surface area contributed by atoms with Crippen LogP contribution in [-0.2, 0) is 0 Å². The van der Waals surface area contributed by atoms with Crippen molar-refractivity contribution in [3.05, 3.63) is 0 Å². The summed E-state index contributed by atoms with van der Waals surface area (Å²) in [5.41, 5.74) is 6.57. The van der Waals surface area contributed by atoms with Crippen LogP contribution in [-0.4, -0.2) is 30.6 Å². The molecule has 2 N–H and O–H groups in total. The second-order valence-corrected chi connectivity index (χ2v) is 5.83. The molecule has 90 valence electrons. The summed E-state index contributed by atoms with van der Waals surface area (Å²) < 4.78 is 0. The van der Waals surface area contributed by atoms with Crippen molar-refractivity contribution in [3.8, 4) is 0 Å². The van der Waals surface area contributed by atoms with Gasteiger partial charge in [0.2, 0.25) is 0 Å². The minimum absolute atomic E-state index is 0.120. The maximum absolute atomic E-state index is 6.45. The Labute approximate surface area is 95.2 Å². The number of nitrogens with two attached hydrogens (primary N) is 1. The van der Waals surface area contributed by atoms with Gasteiger partial charge in [0.05, 0.1) is 0 Å². The van der Waals surface area contributed by atoms with Crippen molar-refractivity contribution in [2.24, 2.45) is 11.7 Å². The summed E-state index contributed by atoms with van der Waals surface area (Å²) in [6.07, 6.45) is 8.23. The van der Waals surface area contributed by atoms with Gasteiger partial charge in [-0.1, -0.05) is 25.7 Å². The lowest BCUT2D eigenvalue weighted by atomic mass is 9.80. The fraction of sp³-hybridized carbons (Fsp3) is 1.00. The summed E-state index contributed by atoms with van der Waals surface area (Å²) in [4.78, 5) is 2.27. The van der Waals surface area contributed by atoms with E-state index in [0.29, 0.717) is 6.04 Å². The normalized spacial score (nSPS) is 22.8. The molecule has 0 aromatic carbocycles. The van der Waals surface area contributed by atoms with Gasteiger partial charge in [-0.2, -0.15) is 0 Å². The lowest BCUT2D eigenvalue weighted by molar-refractivity contribution is 0.119. The van der Waals surface area contributed by atoms with Crippen LogP contribution in [0.15, 0.2) is 0 Å². The molecule has 0 heterocycles. The van der Waals surface area contributed by atoms with Gasteiger partial charge < -0.3 is 10.6 Å². The summed E-state index contributed by atoms with van der Waals surface area (Å²) in [5.74, 6) is 0.727. The molecule has 1 saturated carbocycles. The molecular weight excluding hydrogens is 184 g/mol. The topological polar surface area (TPSA) is 29.3 Å². The van der Waals surface area contributed by atoms with E-state index in [1.807, 2.05) is 0 Å². The van der Waals surface area contributed by atoms with E-state index in [0.717, 1.165) is 5.92 Å². The summed E-state index contributed by atoms with van der Waals surface area (Å²) >= 11 is 0. The third kappa shape index (κ3) is 3.18. The molecule has 0 aromatic heterocycles. The van der Waals surface area contributed by atoms with Crippen molar-refractivity contribution in [1.29, 1.82) is 0 Å². The molecule has 2 heteroatoms. The fourth-order valence-corrected chi connectivity index (χ4v) is 2.55. The molecule has 1 fully saturated rings. The molecule has 0 bridgehead atoms.